The minimum absolute atomic E-state index is 0.512. The van der Waals surface area contributed by atoms with Crippen molar-refractivity contribution in [2.45, 2.75) is 52.0 Å². The highest BCUT2D eigenvalue weighted by atomic mass is 32.1. The van der Waals surface area contributed by atoms with Gasteiger partial charge in [0.25, 0.3) is 0 Å². The topological polar surface area (TPSA) is 69.6 Å². The van der Waals surface area contributed by atoms with Crippen LogP contribution in [0.3, 0.4) is 0 Å². The van der Waals surface area contributed by atoms with Crippen molar-refractivity contribution >= 4 is 16.5 Å². The van der Waals surface area contributed by atoms with Gasteiger partial charge in [-0.2, -0.15) is 4.37 Å². The molecule has 1 fully saturated rings. The summed E-state index contributed by atoms with van der Waals surface area (Å²) in [5.41, 5.74) is 7.98. The molecular formula is C13H19N5S. The van der Waals surface area contributed by atoms with Crippen LogP contribution in [0.25, 0.3) is 11.4 Å². The highest BCUT2D eigenvalue weighted by Gasteiger charge is 2.24. The Morgan fingerprint density at radius 2 is 1.89 bits per heavy atom. The summed E-state index contributed by atoms with van der Waals surface area (Å²) in [7, 11) is 0. The predicted molar refractivity (Wildman–Crippen MR) is 77.1 cm³/mol. The van der Waals surface area contributed by atoms with E-state index in [-0.39, 0.29) is 0 Å². The van der Waals surface area contributed by atoms with Crippen molar-refractivity contribution in [1.29, 1.82) is 0 Å². The van der Waals surface area contributed by atoms with E-state index in [1.807, 2.05) is 13.8 Å². The molecule has 0 atom stereocenters. The number of hydrogen-bond acceptors (Lipinski definition) is 5. The first kappa shape index (κ1) is 12.6. The first-order valence-corrected chi connectivity index (χ1v) is 7.59. The van der Waals surface area contributed by atoms with Crippen LogP contribution in [-0.2, 0) is 0 Å². The van der Waals surface area contributed by atoms with E-state index in [0.29, 0.717) is 6.04 Å². The van der Waals surface area contributed by atoms with Crippen LogP contribution < -0.4 is 5.73 Å². The van der Waals surface area contributed by atoms with Crippen LogP contribution in [-0.4, -0.2) is 19.1 Å². The summed E-state index contributed by atoms with van der Waals surface area (Å²) in [6, 6.07) is 0.512. The average molecular weight is 277 g/mol. The standard InChI is InChI=1S/C13H19N5S/c1-8-11(12(14)19-17-8)13-16-15-9(2)18(13)10-6-4-3-5-7-10/h10H,3-7,14H2,1-2H3. The molecule has 0 radical (unpaired) electrons. The SMILES string of the molecule is Cc1nsc(N)c1-c1nnc(C)n1C1CCCCC1. The lowest BCUT2D eigenvalue weighted by Crippen LogP contribution is -2.15. The molecule has 19 heavy (non-hydrogen) atoms. The molecule has 0 aliphatic heterocycles. The first-order valence-electron chi connectivity index (χ1n) is 6.82. The lowest BCUT2D eigenvalue weighted by atomic mass is 9.95. The molecule has 6 heteroatoms. The normalized spacial score (nSPS) is 16.9. The maximum Gasteiger partial charge on any atom is 0.169 e. The van der Waals surface area contributed by atoms with Crippen molar-refractivity contribution in [1.82, 2.24) is 19.1 Å². The Hall–Kier alpha value is -1.43. The Bertz CT molecular complexity index is 560. The third-order valence-electron chi connectivity index (χ3n) is 3.92. The van der Waals surface area contributed by atoms with Gasteiger partial charge in [0.2, 0.25) is 0 Å². The quantitative estimate of drug-likeness (QED) is 0.915. The zero-order valence-electron chi connectivity index (χ0n) is 11.4. The molecule has 1 saturated carbocycles. The van der Waals surface area contributed by atoms with Gasteiger partial charge < -0.3 is 10.3 Å². The van der Waals surface area contributed by atoms with Crippen LogP contribution in [0, 0.1) is 13.8 Å². The second kappa shape index (κ2) is 4.92. The third-order valence-corrected chi connectivity index (χ3v) is 4.68. The average Bonchev–Trinajstić information content (AvgIpc) is 2.94. The van der Waals surface area contributed by atoms with Crippen LogP contribution in [0.1, 0.15) is 49.7 Å². The number of hydrogen-bond donors (Lipinski definition) is 1. The molecule has 1 aliphatic carbocycles. The molecule has 1 aliphatic rings. The molecule has 5 nitrogen and oxygen atoms in total. The summed E-state index contributed by atoms with van der Waals surface area (Å²) in [5.74, 6) is 1.88. The molecule has 2 aromatic rings. The van der Waals surface area contributed by atoms with E-state index < -0.39 is 0 Å². The number of rotatable bonds is 2. The van der Waals surface area contributed by atoms with Crippen molar-refractivity contribution in [2.24, 2.45) is 0 Å². The van der Waals surface area contributed by atoms with Crippen molar-refractivity contribution in [3.05, 3.63) is 11.5 Å². The highest BCUT2D eigenvalue weighted by molar-refractivity contribution is 7.10. The van der Waals surface area contributed by atoms with Crippen LogP contribution in [0.15, 0.2) is 0 Å². The summed E-state index contributed by atoms with van der Waals surface area (Å²) < 4.78 is 6.59. The lowest BCUT2D eigenvalue weighted by Gasteiger charge is -2.25. The van der Waals surface area contributed by atoms with Gasteiger partial charge in [0, 0.05) is 6.04 Å². The lowest BCUT2D eigenvalue weighted by molar-refractivity contribution is 0.350. The van der Waals surface area contributed by atoms with Crippen molar-refractivity contribution < 1.29 is 0 Å². The van der Waals surface area contributed by atoms with E-state index in [0.717, 1.165) is 27.9 Å². The summed E-state index contributed by atoms with van der Waals surface area (Å²) >= 11 is 1.34. The number of nitrogens with zero attached hydrogens (tertiary/aromatic N) is 4. The fourth-order valence-electron chi connectivity index (χ4n) is 2.98. The number of nitrogens with two attached hydrogens (primary N) is 1. The Labute approximate surface area is 117 Å². The first-order chi connectivity index (χ1) is 9.18. The predicted octanol–water partition coefficient (Wildman–Crippen LogP) is 3.11. The second-order valence-corrected chi connectivity index (χ2v) is 6.04. The Balaban J connectivity index is 2.08. The molecule has 0 aromatic carbocycles. The molecule has 2 N–H and O–H groups in total. The molecule has 0 spiro atoms. The van der Waals surface area contributed by atoms with Gasteiger partial charge in [0.05, 0.1) is 11.3 Å². The smallest absolute Gasteiger partial charge is 0.169 e. The zero-order valence-corrected chi connectivity index (χ0v) is 12.2. The van der Waals surface area contributed by atoms with Crippen molar-refractivity contribution in [3.8, 4) is 11.4 Å². The maximum absolute atomic E-state index is 6.06. The minimum atomic E-state index is 0.512. The Kier molecular flexibility index (Phi) is 3.26. The van der Waals surface area contributed by atoms with E-state index in [1.165, 1.54) is 43.6 Å². The van der Waals surface area contributed by atoms with Crippen molar-refractivity contribution in [2.75, 3.05) is 5.73 Å². The molecule has 3 rings (SSSR count). The third kappa shape index (κ3) is 2.14. The van der Waals surface area contributed by atoms with E-state index in [2.05, 4.69) is 19.1 Å². The molecular weight excluding hydrogens is 258 g/mol. The molecule has 0 unspecified atom stereocenters. The van der Waals surface area contributed by atoms with E-state index >= 15 is 0 Å². The van der Waals surface area contributed by atoms with Gasteiger partial charge in [0.15, 0.2) is 5.82 Å². The highest BCUT2D eigenvalue weighted by Crippen LogP contribution is 2.36. The number of anilines is 1. The number of aromatic nitrogens is 4. The fourth-order valence-corrected chi connectivity index (χ4v) is 3.63. The summed E-state index contributed by atoms with van der Waals surface area (Å²) in [5, 5.41) is 9.36. The Morgan fingerprint density at radius 3 is 2.53 bits per heavy atom. The van der Waals surface area contributed by atoms with Crippen LogP contribution >= 0.6 is 11.5 Å². The number of aryl methyl sites for hydroxylation is 2. The molecule has 0 saturated heterocycles. The van der Waals surface area contributed by atoms with Gasteiger partial charge >= 0.3 is 0 Å². The maximum atomic E-state index is 6.06. The largest absolute Gasteiger partial charge is 0.389 e. The van der Waals surface area contributed by atoms with Gasteiger partial charge in [-0.1, -0.05) is 19.3 Å². The van der Waals surface area contributed by atoms with Crippen LogP contribution in [0.2, 0.25) is 0 Å². The van der Waals surface area contributed by atoms with E-state index in [4.69, 9.17) is 5.73 Å². The van der Waals surface area contributed by atoms with Crippen LogP contribution in [0.4, 0.5) is 5.00 Å². The molecule has 0 bridgehead atoms. The van der Waals surface area contributed by atoms with Gasteiger partial charge in [-0.25, -0.2) is 0 Å². The molecule has 2 aromatic heterocycles. The van der Waals surface area contributed by atoms with E-state index in [1.54, 1.807) is 0 Å². The van der Waals surface area contributed by atoms with Gasteiger partial charge in [-0.3, -0.25) is 0 Å². The van der Waals surface area contributed by atoms with Gasteiger partial charge in [0.1, 0.15) is 10.8 Å². The van der Waals surface area contributed by atoms with Crippen LogP contribution in [0.5, 0.6) is 0 Å². The number of nitrogen functional groups attached to an aromatic ring is 1. The second-order valence-electron chi connectivity index (χ2n) is 5.24. The van der Waals surface area contributed by atoms with Gasteiger partial charge in [-0.05, 0) is 38.2 Å². The summed E-state index contributed by atoms with van der Waals surface area (Å²) in [6.07, 6.45) is 6.34. The van der Waals surface area contributed by atoms with E-state index in [9.17, 15) is 0 Å². The minimum Gasteiger partial charge on any atom is -0.389 e. The molecule has 0 amide bonds. The zero-order chi connectivity index (χ0) is 13.4. The van der Waals surface area contributed by atoms with Crippen molar-refractivity contribution in [3.63, 3.8) is 0 Å². The van der Waals surface area contributed by atoms with Gasteiger partial charge in [-0.15, -0.1) is 10.2 Å². The molecule has 2 heterocycles. The molecule has 102 valence electrons. The summed E-state index contributed by atoms with van der Waals surface area (Å²) in [6.45, 7) is 4.01. The Morgan fingerprint density at radius 1 is 1.16 bits per heavy atom. The summed E-state index contributed by atoms with van der Waals surface area (Å²) in [4.78, 5) is 0. The fraction of sp³-hybridized carbons (Fsp3) is 0.615. The monoisotopic (exact) mass is 277 g/mol.